The normalized spacial score (nSPS) is 24.5. The second kappa shape index (κ2) is 8.90. The SMILES string of the molecule is C[C@@H]1CCCC[NH+]1CC(=O)Nc1ccc(Cl)c(S(=O)(=O)N2CCCCC2)c1. The van der Waals surface area contributed by atoms with Gasteiger partial charge in [-0.05, 0) is 57.2 Å². The summed E-state index contributed by atoms with van der Waals surface area (Å²) in [7, 11) is -3.64. The number of quaternary nitrogens is 1. The Balaban J connectivity index is 1.72. The van der Waals surface area contributed by atoms with Gasteiger partial charge in [0.05, 0.1) is 17.6 Å². The molecule has 2 aliphatic rings. The fourth-order valence-electron chi connectivity index (χ4n) is 3.95. The number of piperidine rings is 2. The van der Waals surface area contributed by atoms with Gasteiger partial charge in [0.2, 0.25) is 10.0 Å². The lowest BCUT2D eigenvalue weighted by Gasteiger charge is -2.29. The third kappa shape index (κ3) is 5.02. The number of hydrogen-bond acceptors (Lipinski definition) is 3. The molecule has 27 heavy (non-hydrogen) atoms. The van der Waals surface area contributed by atoms with E-state index in [1.54, 1.807) is 12.1 Å². The maximum Gasteiger partial charge on any atom is 0.279 e. The van der Waals surface area contributed by atoms with Crippen LogP contribution >= 0.6 is 11.6 Å². The van der Waals surface area contributed by atoms with Gasteiger partial charge in [-0.1, -0.05) is 18.0 Å². The average molecular weight is 415 g/mol. The van der Waals surface area contributed by atoms with E-state index in [2.05, 4.69) is 12.2 Å². The van der Waals surface area contributed by atoms with Crippen LogP contribution in [-0.2, 0) is 14.8 Å². The molecule has 0 bridgehead atoms. The van der Waals surface area contributed by atoms with Crippen molar-refractivity contribution in [3.05, 3.63) is 23.2 Å². The monoisotopic (exact) mass is 414 g/mol. The molecule has 2 heterocycles. The van der Waals surface area contributed by atoms with Crippen LogP contribution in [0.1, 0.15) is 45.4 Å². The summed E-state index contributed by atoms with van der Waals surface area (Å²) in [6.45, 7) is 4.62. The molecule has 0 aromatic heterocycles. The second-order valence-electron chi connectivity index (χ2n) is 7.64. The first-order valence-electron chi connectivity index (χ1n) is 9.82. The minimum Gasteiger partial charge on any atom is -0.325 e. The van der Waals surface area contributed by atoms with Crippen molar-refractivity contribution in [1.29, 1.82) is 0 Å². The van der Waals surface area contributed by atoms with Gasteiger partial charge in [-0.15, -0.1) is 0 Å². The standard InChI is InChI=1S/C19H28ClN3O3S/c1-15-7-3-6-10-22(15)14-19(24)21-16-8-9-17(20)18(13-16)27(25,26)23-11-4-2-5-12-23/h8-9,13,15H,2-7,10-12,14H2,1H3,(H,21,24)/p+1/t15-/m1/s1. The second-order valence-corrected chi connectivity index (χ2v) is 9.95. The first-order chi connectivity index (χ1) is 12.9. The number of benzene rings is 1. The molecule has 1 unspecified atom stereocenters. The number of rotatable bonds is 5. The molecule has 6 nitrogen and oxygen atoms in total. The summed E-state index contributed by atoms with van der Waals surface area (Å²) < 4.78 is 27.4. The zero-order valence-electron chi connectivity index (χ0n) is 15.8. The van der Waals surface area contributed by atoms with Crippen molar-refractivity contribution in [3.8, 4) is 0 Å². The van der Waals surface area contributed by atoms with Crippen molar-refractivity contribution in [2.24, 2.45) is 0 Å². The van der Waals surface area contributed by atoms with Gasteiger partial charge in [0.25, 0.3) is 5.91 Å². The molecule has 2 N–H and O–H groups in total. The average Bonchev–Trinajstić information content (AvgIpc) is 2.66. The summed E-state index contributed by atoms with van der Waals surface area (Å²) in [5, 5.41) is 3.04. The van der Waals surface area contributed by atoms with Gasteiger partial charge in [-0.3, -0.25) is 4.79 Å². The van der Waals surface area contributed by atoms with E-state index in [-0.39, 0.29) is 15.8 Å². The van der Waals surface area contributed by atoms with Crippen LogP contribution in [0.2, 0.25) is 5.02 Å². The number of halogens is 1. The van der Waals surface area contributed by atoms with E-state index in [1.807, 2.05) is 0 Å². The van der Waals surface area contributed by atoms with Crippen LogP contribution in [0.25, 0.3) is 0 Å². The van der Waals surface area contributed by atoms with Crippen LogP contribution in [0.4, 0.5) is 5.69 Å². The Labute approximate surface area is 166 Å². The fraction of sp³-hybridized carbons (Fsp3) is 0.632. The number of nitrogens with one attached hydrogen (secondary N) is 2. The highest BCUT2D eigenvalue weighted by atomic mass is 35.5. The van der Waals surface area contributed by atoms with E-state index >= 15 is 0 Å². The Morgan fingerprint density at radius 3 is 2.67 bits per heavy atom. The maximum absolute atomic E-state index is 12.9. The molecule has 1 aromatic carbocycles. The zero-order chi connectivity index (χ0) is 19.4. The third-order valence-corrected chi connectivity index (χ3v) is 8.00. The highest BCUT2D eigenvalue weighted by Gasteiger charge is 2.29. The van der Waals surface area contributed by atoms with Gasteiger partial charge in [-0.2, -0.15) is 4.31 Å². The number of sulfonamides is 1. The smallest absolute Gasteiger partial charge is 0.279 e. The molecule has 0 aliphatic carbocycles. The highest BCUT2D eigenvalue weighted by Crippen LogP contribution is 2.29. The maximum atomic E-state index is 12.9. The van der Waals surface area contributed by atoms with Crippen LogP contribution in [-0.4, -0.2) is 50.9 Å². The summed E-state index contributed by atoms with van der Waals surface area (Å²) in [5.74, 6) is -0.0950. The van der Waals surface area contributed by atoms with Crippen molar-refractivity contribution in [2.45, 2.75) is 56.4 Å². The number of carbonyl (C=O) groups is 1. The lowest BCUT2D eigenvalue weighted by atomic mass is 10.0. The molecule has 2 fully saturated rings. The number of amides is 1. The minimum atomic E-state index is -3.64. The molecule has 150 valence electrons. The first kappa shape index (κ1) is 20.6. The lowest BCUT2D eigenvalue weighted by Crippen LogP contribution is -3.17. The molecular weight excluding hydrogens is 386 g/mol. The number of nitrogens with zero attached hydrogens (tertiary/aromatic N) is 1. The Kier molecular flexibility index (Phi) is 6.78. The molecule has 3 rings (SSSR count). The largest absolute Gasteiger partial charge is 0.325 e. The molecule has 2 aliphatic heterocycles. The number of carbonyl (C=O) groups excluding carboxylic acids is 1. The van der Waals surface area contributed by atoms with Crippen molar-refractivity contribution in [3.63, 3.8) is 0 Å². The van der Waals surface area contributed by atoms with Crippen molar-refractivity contribution in [1.82, 2.24) is 4.31 Å². The van der Waals surface area contributed by atoms with Gasteiger partial charge in [0.15, 0.2) is 6.54 Å². The zero-order valence-corrected chi connectivity index (χ0v) is 17.4. The number of hydrogen-bond donors (Lipinski definition) is 2. The summed E-state index contributed by atoms with van der Waals surface area (Å²) in [5.41, 5.74) is 0.476. The fourth-order valence-corrected chi connectivity index (χ4v) is 5.97. The quantitative estimate of drug-likeness (QED) is 0.773. The lowest BCUT2D eigenvalue weighted by molar-refractivity contribution is -0.920. The molecule has 1 aromatic rings. The Bertz CT molecular complexity index is 778. The molecule has 1 amide bonds. The van der Waals surface area contributed by atoms with Gasteiger partial charge in [0.1, 0.15) is 4.90 Å². The van der Waals surface area contributed by atoms with Gasteiger partial charge in [-0.25, -0.2) is 8.42 Å². The third-order valence-electron chi connectivity index (χ3n) is 5.62. The Hall–Kier alpha value is -1.15. The summed E-state index contributed by atoms with van der Waals surface area (Å²) in [4.78, 5) is 13.8. The van der Waals surface area contributed by atoms with Gasteiger partial charge < -0.3 is 10.2 Å². The molecule has 2 atom stereocenters. The van der Waals surface area contributed by atoms with Crippen LogP contribution in [0.3, 0.4) is 0 Å². The van der Waals surface area contributed by atoms with Crippen molar-refractivity contribution >= 4 is 33.2 Å². The van der Waals surface area contributed by atoms with E-state index in [0.717, 1.165) is 38.6 Å². The van der Waals surface area contributed by atoms with Gasteiger partial charge >= 0.3 is 0 Å². The Morgan fingerprint density at radius 1 is 1.22 bits per heavy atom. The predicted molar refractivity (Wildman–Crippen MR) is 107 cm³/mol. The summed E-state index contributed by atoms with van der Waals surface area (Å²) in [6.07, 6.45) is 6.29. The van der Waals surface area contributed by atoms with E-state index in [4.69, 9.17) is 11.6 Å². The molecule has 2 saturated heterocycles. The molecular formula is C19H29ClN3O3S+. The van der Waals surface area contributed by atoms with E-state index in [9.17, 15) is 13.2 Å². The number of anilines is 1. The Morgan fingerprint density at radius 2 is 1.96 bits per heavy atom. The van der Waals surface area contributed by atoms with E-state index < -0.39 is 10.0 Å². The van der Waals surface area contributed by atoms with E-state index in [0.29, 0.717) is 31.4 Å². The van der Waals surface area contributed by atoms with Crippen LogP contribution < -0.4 is 10.2 Å². The van der Waals surface area contributed by atoms with Crippen LogP contribution in [0.5, 0.6) is 0 Å². The highest BCUT2D eigenvalue weighted by molar-refractivity contribution is 7.89. The van der Waals surface area contributed by atoms with Crippen LogP contribution in [0, 0.1) is 0 Å². The molecule has 0 radical (unpaired) electrons. The molecule has 8 heteroatoms. The van der Waals surface area contributed by atoms with Gasteiger partial charge in [0, 0.05) is 18.8 Å². The van der Waals surface area contributed by atoms with Crippen molar-refractivity contribution < 1.29 is 18.1 Å². The first-order valence-corrected chi connectivity index (χ1v) is 11.6. The van der Waals surface area contributed by atoms with Crippen LogP contribution in [0.15, 0.2) is 23.1 Å². The van der Waals surface area contributed by atoms with E-state index in [1.165, 1.54) is 21.7 Å². The topological polar surface area (TPSA) is 70.9 Å². The predicted octanol–water partition coefficient (Wildman–Crippen LogP) is 1.91. The molecule has 0 saturated carbocycles. The molecule has 0 spiro atoms. The minimum absolute atomic E-state index is 0.0718. The summed E-state index contributed by atoms with van der Waals surface area (Å²) in [6, 6.07) is 5.17. The number of likely N-dealkylation sites (tertiary alicyclic amines) is 1. The van der Waals surface area contributed by atoms with Crippen molar-refractivity contribution in [2.75, 3.05) is 31.5 Å². The summed E-state index contributed by atoms with van der Waals surface area (Å²) >= 11 is 6.19.